The van der Waals surface area contributed by atoms with E-state index in [9.17, 15) is 0 Å². The number of rotatable bonds is 7. The summed E-state index contributed by atoms with van der Waals surface area (Å²) in [5.74, 6) is 1.42. The maximum absolute atomic E-state index is 6.06. The van der Waals surface area contributed by atoms with Crippen LogP contribution in [0.1, 0.15) is 39.5 Å². The number of hydrogen-bond acceptors (Lipinski definition) is 3. The second kappa shape index (κ2) is 7.38. The number of nitrogens with one attached hydrogen (secondary N) is 1. The van der Waals surface area contributed by atoms with E-state index in [1.807, 2.05) is 0 Å². The topological polar surface area (TPSA) is 50.9 Å². The van der Waals surface area contributed by atoms with Gasteiger partial charge in [-0.15, -0.1) is 0 Å². The van der Waals surface area contributed by atoms with Gasteiger partial charge in [0.25, 0.3) is 0 Å². The number of nitrogens with two attached hydrogens (primary N) is 1. The fourth-order valence-corrected chi connectivity index (χ4v) is 2.01. The zero-order chi connectivity index (χ0) is 12.7. The van der Waals surface area contributed by atoms with Crippen molar-refractivity contribution in [2.24, 2.45) is 5.92 Å². The van der Waals surface area contributed by atoms with Gasteiger partial charge in [0, 0.05) is 6.54 Å². The third-order valence-electron chi connectivity index (χ3n) is 2.96. The molecule has 3 nitrogen and oxygen atoms in total. The first kappa shape index (κ1) is 14.1. The number of hydrogen-bond donors (Lipinski definition) is 2. The summed E-state index contributed by atoms with van der Waals surface area (Å²) < 4.78 is 0. The number of halogens is 1. The van der Waals surface area contributed by atoms with E-state index in [0.717, 1.165) is 12.4 Å². The summed E-state index contributed by atoms with van der Waals surface area (Å²) in [7, 11) is 0. The molecule has 1 aromatic heterocycles. The maximum Gasteiger partial charge on any atom is 0.144 e. The first-order chi connectivity index (χ1) is 8.17. The molecule has 4 heteroatoms. The summed E-state index contributed by atoms with van der Waals surface area (Å²) in [6, 6.07) is 1.73. The van der Waals surface area contributed by atoms with Crippen molar-refractivity contribution in [2.75, 3.05) is 17.6 Å². The Morgan fingerprint density at radius 2 is 2.24 bits per heavy atom. The molecule has 96 valence electrons. The van der Waals surface area contributed by atoms with Crippen LogP contribution >= 0.6 is 11.6 Å². The Labute approximate surface area is 109 Å². The smallest absolute Gasteiger partial charge is 0.144 e. The molecule has 0 amide bonds. The van der Waals surface area contributed by atoms with Crippen molar-refractivity contribution in [3.8, 4) is 0 Å². The molecule has 0 fully saturated rings. The van der Waals surface area contributed by atoms with Gasteiger partial charge in [0.05, 0.1) is 16.9 Å². The van der Waals surface area contributed by atoms with Crippen LogP contribution < -0.4 is 11.1 Å². The Morgan fingerprint density at radius 3 is 2.82 bits per heavy atom. The van der Waals surface area contributed by atoms with Gasteiger partial charge >= 0.3 is 0 Å². The largest absolute Gasteiger partial charge is 0.397 e. The molecule has 1 atom stereocenters. The Morgan fingerprint density at radius 1 is 1.47 bits per heavy atom. The van der Waals surface area contributed by atoms with Gasteiger partial charge in [0.15, 0.2) is 0 Å². The SMILES string of the molecule is CCCCC(CC)CNc1ncc(N)cc1Cl. The Bertz CT molecular complexity index is 341. The monoisotopic (exact) mass is 255 g/mol. The second-order valence-corrected chi connectivity index (χ2v) is 4.80. The predicted octanol–water partition coefficient (Wildman–Crippen LogP) is 3.95. The zero-order valence-electron chi connectivity index (χ0n) is 10.7. The third kappa shape index (κ3) is 4.82. The van der Waals surface area contributed by atoms with E-state index in [2.05, 4.69) is 24.1 Å². The Hall–Kier alpha value is -0.960. The fourth-order valence-electron chi connectivity index (χ4n) is 1.77. The highest BCUT2D eigenvalue weighted by molar-refractivity contribution is 6.33. The lowest BCUT2D eigenvalue weighted by molar-refractivity contribution is 0.472. The highest BCUT2D eigenvalue weighted by atomic mass is 35.5. The molecule has 0 radical (unpaired) electrons. The molecule has 0 spiro atoms. The number of nitrogen functional groups attached to an aromatic ring is 1. The summed E-state index contributed by atoms with van der Waals surface area (Å²) in [5, 5.41) is 3.89. The number of nitrogens with zero attached hydrogens (tertiary/aromatic N) is 1. The van der Waals surface area contributed by atoms with E-state index < -0.39 is 0 Å². The van der Waals surface area contributed by atoms with Crippen LogP contribution in [0.5, 0.6) is 0 Å². The minimum Gasteiger partial charge on any atom is -0.397 e. The van der Waals surface area contributed by atoms with Crippen LogP contribution in [0.2, 0.25) is 5.02 Å². The molecule has 0 saturated heterocycles. The van der Waals surface area contributed by atoms with Crippen molar-refractivity contribution in [3.63, 3.8) is 0 Å². The Kier molecular flexibility index (Phi) is 6.12. The van der Waals surface area contributed by atoms with Gasteiger partial charge in [-0.3, -0.25) is 0 Å². The first-order valence-corrected chi connectivity index (χ1v) is 6.70. The molecule has 17 heavy (non-hydrogen) atoms. The molecular weight excluding hydrogens is 234 g/mol. The minimum absolute atomic E-state index is 0.593. The van der Waals surface area contributed by atoms with E-state index in [-0.39, 0.29) is 0 Å². The predicted molar refractivity (Wildman–Crippen MR) is 75.5 cm³/mol. The van der Waals surface area contributed by atoms with Gasteiger partial charge in [-0.2, -0.15) is 0 Å². The molecule has 0 aliphatic heterocycles. The molecule has 1 rings (SSSR count). The molecule has 0 aromatic carbocycles. The van der Waals surface area contributed by atoms with E-state index >= 15 is 0 Å². The van der Waals surface area contributed by atoms with Crippen LogP contribution in [0.3, 0.4) is 0 Å². The van der Waals surface area contributed by atoms with E-state index in [1.165, 1.54) is 25.7 Å². The normalized spacial score (nSPS) is 12.4. The number of anilines is 2. The molecule has 1 aromatic rings. The summed E-state index contributed by atoms with van der Waals surface area (Å²) in [6.07, 6.45) is 6.59. The minimum atomic E-state index is 0.593. The molecular formula is C13H22ClN3. The fraction of sp³-hybridized carbons (Fsp3) is 0.615. The van der Waals surface area contributed by atoms with Crippen molar-refractivity contribution >= 4 is 23.1 Å². The molecule has 0 aliphatic rings. The van der Waals surface area contributed by atoms with Crippen molar-refractivity contribution < 1.29 is 0 Å². The van der Waals surface area contributed by atoms with Crippen LogP contribution in [-0.2, 0) is 0 Å². The highest BCUT2D eigenvalue weighted by Gasteiger charge is 2.07. The molecule has 3 N–H and O–H groups in total. The molecule has 0 saturated carbocycles. The lowest BCUT2D eigenvalue weighted by Gasteiger charge is -2.16. The van der Waals surface area contributed by atoms with E-state index in [0.29, 0.717) is 16.6 Å². The highest BCUT2D eigenvalue weighted by Crippen LogP contribution is 2.22. The van der Waals surface area contributed by atoms with E-state index in [1.54, 1.807) is 12.3 Å². The van der Waals surface area contributed by atoms with Gasteiger partial charge in [0.1, 0.15) is 5.82 Å². The summed E-state index contributed by atoms with van der Waals surface area (Å²) in [5.41, 5.74) is 6.20. The average molecular weight is 256 g/mol. The number of pyridine rings is 1. The van der Waals surface area contributed by atoms with Gasteiger partial charge in [-0.05, 0) is 18.4 Å². The summed E-state index contributed by atoms with van der Waals surface area (Å²) >= 11 is 6.06. The second-order valence-electron chi connectivity index (χ2n) is 4.40. The standard InChI is InChI=1S/C13H22ClN3/c1-3-5-6-10(4-2)8-16-13-12(14)7-11(15)9-17-13/h7,9-10H,3-6,8,15H2,1-2H3,(H,16,17). The van der Waals surface area contributed by atoms with Crippen LogP contribution in [0.25, 0.3) is 0 Å². The molecule has 1 heterocycles. The quantitative estimate of drug-likeness (QED) is 0.776. The van der Waals surface area contributed by atoms with Crippen LogP contribution in [0, 0.1) is 5.92 Å². The van der Waals surface area contributed by atoms with Crippen molar-refractivity contribution in [1.82, 2.24) is 4.98 Å². The number of aromatic nitrogens is 1. The van der Waals surface area contributed by atoms with E-state index in [4.69, 9.17) is 17.3 Å². The van der Waals surface area contributed by atoms with Crippen LogP contribution in [-0.4, -0.2) is 11.5 Å². The van der Waals surface area contributed by atoms with Crippen molar-refractivity contribution in [1.29, 1.82) is 0 Å². The third-order valence-corrected chi connectivity index (χ3v) is 3.25. The lowest BCUT2D eigenvalue weighted by atomic mass is 9.99. The Balaban J connectivity index is 2.47. The van der Waals surface area contributed by atoms with Gasteiger partial charge < -0.3 is 11.1 Å². The molecule has 1 unspecified atom stereocenters. The average Bonchev–Trinajstić information content (AvgIpc) is 2.31. The maximum atomic E-state index is 6.06. The zero-order valence-corrected chi connectivity index (χ0v) is 11.4. The van der Waals surface area contributed by atoms with Crippen molar-refractivity contribution in [2.45, 2.75) is 39.5 Å². The lowest BCUT2D eigenvalue weighted by Crippen LogP contribution is -2.14. The van der Waals surface area contributed by atoms with Crippen LogP contribution in [0.15, 0.2) is 12.3 Å². The van der Waals surface area contributed by atoms with Crippen LogP contribution in [0.4, 0.5) is 11.5 Å². The molecule has 0 bridgehead atoms. The first-order valence-electron chi connectivity index (χ1n) is 6.32. The van der Waals surface area contributed by atoms with Gasteiger partial charge in [-0.25, -0.2) is 4.98 Å². The van der Waals surface area contributed by atoms with Gasteiger partial charge in [-0.1, -0.05) is 44.7 Å². The summed E-state index contributed by atoms with van der Waals surface area (Å²) in [4.78, 5) is 4.20. The van der Waals surface area contributed by atoms with Gasteiger partial charge in [0.2, 0.25) is 0 Å². The summed E-state index contributed by atoms with van der Waals surface area (Å²) in [6.45, 7) is 5.37. The molecule has 0 aliphatic carbocycles. The van der Waals surface area contributed by atoms with Crippen molar-refractivity contribution in [3.05, 3.63) is 17.3 Å². The number of unbranched alkanes of at least 4 members (excludes halogenated alkanes) is 1.